The van der Waals surface area contributed by atoms with Crippen molar-refractivity contribution in [1.29, 1.82) is 0 Å². The van der Waals surface area contributed by atoms with Gasteiger partial charge in [-0.05, 0) is 18.9 Å². The monoisotopic (exact) mass is 206 g/mol. The van der Waals surface area contributed by atoms with Crippen LogP contribution in [-0.4, -0.2) is 10.9 Å². The molecule has 14 heavy (non-hydrogen) atoms. The van der Waals surface area contributed by atoms with Gasteiger partial charge >= 0.3 is 0 Å². The lowest BCUT2D eigenvalue weighted by Crippen LogP contribution is -2.28. The first-order valence-electron chi connectivity index (χ1n) is 4.74. The number of thioether (sulfide) groups is 1. The lowest BCUT2D eigenvalue weighted by molar-refractivity contribution is 0.482. The molecule has 0 aromatic heterocycles. The predicted molar refractivity (Wildman–Crippen MR) is 62.5 cm³/mol. The number of benzene rings is 1. The molecule has 0 saturated carbocycles. The SMILES string of the molecule is C[C@@]1(c2ccccc2)CCSC(N)=N1. The van der Waals surface area contributed by atoms with Gasteiger partial charge < -0.3 is 5.73 Å². The summed E-state index contributed by atoms with van der Waals surface area (Å²) < 4.78 is 0. The lowest BCUT2D eigenvalue weighted by atomic mass is 9.90. The van der Waals surface area contributed by atoms with Crippen molar-refractivity contribution in [2.45, 2.75) is 18.9 Å². The van der Waals surface area contributed by atoms with Crippen molar-refractivity contribution in [3.05, 3.63) is 35.9 Å². The standard InChI is InChI=1S/C11H14N2S/c1-11(7-8-14-10(12)13-11)9-5-3-2-4-6-9/h2-6H,7-8H2,1H3,(H2,12,13)/t11-/m0/s1. The van der Waals surface area contributed by atoms with Gasteiger partial charge in [0.1, 0.15) is 0 Å². The summed E-state index contributed by atoms with van der Waals surface area (Å²) in [5.74, 6) is 1.06. The molecule has 0 aliphatic carbocycles. The van der Waals surface area contributed by atoms with Gasteiger partial charge in [-0.25, -0.2) is 0 Å². The number of rotatable bonds is 1. The molecule has 0 fully saturated rings. The van der Waals surface area contributed by atoms with E-state index < -0.39 is 0 Å². The highest BCUT2D eigenvalue weighted by molar-refractivity contribution is 8.13. The first-order chi connectivity index (χ1) is 6.71. The molecule has 1 heterocycles. The fourth-order valence-electron chi connectivity index (χ4n) is 1.69. The van der Waals surface area contributed by atoms with E-state index in [1.54, 1.807) is 11.8 Å². The maximum Gasteiger partial charge on any atom is 0.154 e. The van der Waals surface area contributed by atoms with Crippen LogP contribution in [0.1, 0.15) is 18.9 Å². The van der Waals surface area contributed by atoms with E-state index in [1.807, 2.05) is 18.2 Å². The highest BCUT2D eigenvalue weighted by atomic mass is 32.2. The zero-order valence-corrected chi connectivity index (χ0v) is 9.05. The molecular weight excluding hydrogens is 192 g/mol. The van der Waals surface area contributed by atoms with Crippen LogP contribution in [0.15, 0.2) is 35.3 Å². The van der Waals surface area contributed by atoms with Gasteiger partial charge in [0, 0.05) is 5.75 Å². The summed E-state index contributed by atoms with van der Waals surface area (Å²) in [4.78, 5) is 4.54. The summed E-state index contributed by atoms with van der Waals surface area (Å²) in [5.41, 5.74) is 6.90. The Balaban J connectivity index is 2.37. The van der Waals surface area contributed by atoms with Crippen LogP contribution in [0.25, 0.3) is 0 Å². The first-order valence-corrected chi connectivity index (χ1v) is 5.73. The van der Waals surface area contributed by atoms with Crippen molar-refractivity contribution >= 4 is 16.9 Å². The van der Waals surface area contributed by atoms with Gasteiger partial charge in [0.15, 0.2) is 5.17 Å². The second kappa shape index (κ2) is 3.65. The highest BCUT2D eigenvalue weighted by Gasteiger charge is 2.28. The van der Waals surface area contributed by atoms with Crippen molar-refractivity contribution < 1.29 is 0 Å². The van der Waals surface area contributed by atoms with Crippen LogP contribution in [0.5, 0.6) is 0 Å². The third kappa shape index (κ3) is 1.77. The predicted octanol–water partition coefficient (Wildman–Crippen LogP) is 2.35. The molecule has 2 nitrogen and oxygen atoms in total. The maximum absolute atomic E-state index is 5.76. The molecule has 2 N–H and O–H groups in total. The van der Waals surface area contributed by atoms with E-state index in [4.69, 9.17) is 5.73 Å². The quantitative estimate of drug-likeness (QED) is 0.766. The Morgan fingerprint density at radius 3 is 2.71 bits per heavy atom. The molecule has 0 bridgehead atoms. The molecule has 0 amide bonds. The fraction of sp³-hybridized carbons (Fsp3) is 0.364. The van der Waals surface area contributed by atoms with Crippen LogP contribution >= 0.6 is 11.8 Å². The van der Waals surface area contributed by atoms with Crippen LogP contribution in [-0.2, 0) is 5.54 Å². The summed E-state index contributed by atoms with van der Waals surface area (Å²) in [5, 5.41) is 0.711. The van der Waals surface area contributed by atoms with Crippen molar-refractivity contribution in [2.75, 3.05) is 5.75 Å². The highest BCUT2D eigenvalue weighted by Crippen LogP contribution is 2.34. The van der Waals surface area contributed by atoms with Crippen molar-refractivity contribution in [3.8, 4) is 0 Å². The minimum Gasteiger partial charge on any atom is -0.379 e. The number of hydrogen-bond acceptors (Lipinski definition) is 3. The van der Waals surface area contributed by atoms with Gasteiger partial charge in [-0.1, -0.05) is 42.1 Å². The zero-order chi connectivity index (χ0) is 10.0. The molecule has 74 valence electrons. The number of nitrogens with zero attached hydrogens (tertiary/aromatic N) is 1. The van der Waals surface area contributed by atoms with E-state index in [-0.39, 0.29) is 5.54 Å². The van der Waals surface area contributed by atoms with Crippen LogP contribution in [0.2, 0.25) is 0 Å². The number of nitrogens with two attached hydrogens (primary N) is 1. The summed E-state index contributed by atoms with van der Waals surface area (Å²) >= 11 is 1.64. The largest absolute Gasteiger partial charge is 0.379 e. The zero-order valence-electron chi connectivity index (χ0n) is 8.23. The van der Waals surface area contributed by atoms with Crippen LogP contribution in [0, 0.1) is 0 Å². The van der Waals surface area contributed by atoms with E-state index in [2.05, 4.69) is 24.0 Å². The van der Waals surface area contributed by atoms with Crippen LogP contribution < -0.4 is 5.73 Å². The minimum absolute atomic E-state index is 0.114. The second-order valence-corrected chi connectivity index (χ2v) is 4.80. The summed E-state index contributed by atoms with van der Waals surface area (Å²) in [6.07, 6.45) is 1.06. The van der Waals surface area contributed by atoms with Gasteiger partial charge in [-0.2, -0.15) is 0 Å². The molecule has 0 radical (unpaired) electrons. The van der Waals surface area contributed by atoms with E-state index >= 15 is 0 Å². The van der Waals surface area contributed by atoms with Gasteiger partial charge in [0.2, 0.25) is 0 Å². The molecule has 0 unspecified atom stereocenters. The Labute approximate surface area is 88.6 Å². The third-order valence-electron chi connectivity index (χ3n) is 2.59. The van der Waals surface area contributed by atoms with E-state index in [0.717, 1.165) is 12.2 Å². The Morgan fingerprint density at radius 2 is 2.07 bits per heavy atom. The molecule has 0 saturated heterocycles. The number of aliphatic imine (C=N–C) groups is 1. The van der Waals surface area contributed by atoms with Crippen LogP contribution in [0.3, 0.4) is 0 Å². The van der Waals surface area contributed by atoms with E-state index in [0.29, 0.717) is 5.17 Å². The molecule has 3 heteroatoms. The molecule has 2 rings (SSSR count). The number of hydrogen-bond donors (Lipinski definition) is 1. The molecule has 1 atom stereocenters. The first kappa shape index (κ1) is 9.59. The van der Waals surface area contributed by atoms with Crippen molar-refractivity contribution in [3.63, 3.8) is 0 Å². The van der Waals surface area contributed by atoms with Gasteiger partial charge in [0.25, 0.3) is 0 Å². The lowest BCUT2D eigenvalue weighted by Gasteiger charge is -2.29. The molecule has 1 aliphatic heterocycles. The van der Waals surface area contributed by atoms with Gasteiger partial charge in [-0.3, -0.25) is 4.99 Å². The van der Waals surface area contributed by atoms with E-state index in [1.165, 1.54) is 5.56 Å². The molecule has 1 aliphatic rings. The van der Waals surface area contributed by atoms with Gasteiger partial charge in [0.05, 0.1) is 5.54 Å². The third-order valence-corrected chi connectivity index (χ3v) is 3.39. The van der Waals surface area contributed by atoms with E-state index in [9.17, 15) is 0 Å². The smallest absolute Gasteiger partial charge is 0.154 e. The Kier molecular flexibility index (Phi) is 2.50. The van der Waals surface area contributed by atoms with Crippen molar-refractivity contribution in [2.24, 2.45) is 10.7 Å². The normalized spacial score (nSPS) is 27.1. The van der Waals surface area contributed by atoms with Crippen LogP contribution in [0.4, 0.5) is 0 Å². The van der Waals surface area contributed by atoms with Gasteiger partial charge in [-0.15, -0.1) is 0 Å². The minimum atomic E-state index is -0.114. The second-order valence-electron chi connectivity index (χ2n) is 3.69. The molecular formula is C11H14N2S. The Morgan fingerprint density at radius 1 is 1.36 bits per heavy atom. The maximum atomic E-state index is 5.76. The average Bonchev–Trinajstić information content (AvgIpc) is 2.19. The average molecular weight is 206 g/mol. The number of amidine groups is 1. The molecule has 1 aromatic rings. The van der Waals surface area contributed by atoms with Crippen molar-refractivity contribution in [1.82, 2.24) is 0 Å². The summed E-state index contributed by atoms with van der Waals surface area (Å²) in [7, 11) is 0. The molecule has 0 spiro atoms. The topological polar surface area (TPSA) is 38.4 Å². The summed E-state index contributed by atoms with van der Waals surface area (Å²) in [6, 6.07) is 10.4. The Bertz CT molecular complexity index is 348. The molecule has 1 aromatic carbocycles. The Hall–Kier alpha value is -0.960. The summed E-state index contributed by atoms with van der Waals surface area (Å²) in [6.45, 7) is 2.15. The fourth-order valence-corrected chi connectivity index (χ4v) is 2.67.